The quantitative estimate of drug-likeness (QED) is 0.669. The van der Waals surface area contributed by atoms with Gasteiger partial charge in [-0.1, -0.05) is 11.6 Å². The van der Waals surface area contributed by atoms with E-state index in [1.165, 1.54) is 7.11 Å². The van der Waals surface area contributed by atoms with Crippen molar-refractivity contribution >= 4 is 17.6 Å². The van der Waals surface area contributed by atoms with Crippen LogP contribution in [0.25, 0.3) is 0 Å². The van der Waals surface area contributed by atoms with E-state index in [1.54, 1.807) is 12.1 Å². The first kappa shape index (κ1) is 9.34. The summed E-state index contributed by atoms with van der Waals surface area (Å²) in [6, 6.07) is 3.32. The molecule has 0 aromatic heterocycles. The van der Waals surface area contributed by atoms with Crippen molar-refractivity contribution in [2.45, 2.75) is 6.42 Å². The zero-order valence-corrected chi connectivity index (χ0v) is 8.43. The lowest BCUT2D eigenvalue weighted by Gasteiger charge is -2.06. The number of ether oxygens (including phenoxy) is 2. The van der Waals surface area contributed by atoms with Crippen LogP contribution in [0, 0.1) is 0 Å². The Bertz CT molecular complexity index is 387. The number of esters is 1. The fourth-order valence-electron chi connectivity index (χ4n) is 1.53. The van der Waals surface area contributed by atoms with Gasteiger partial charge < -0.3 is 9.47 Å². The first-order valence-electron chi connectivity index (χ1n) is 4.26. The van der Waals surface area contributed by atoms with Gasteiger partial charge in [0.1, 0.15) is 11.3 Å². The number of carbonyl (C=O) groups is 1. The predicted molar refractivity (Wildman–Crippen MR) is 52.0 cm³/mol. The molecule has 74 valence electrons. The average molecular weight is 213 g/mol. The largest absolute Gasteiger partial charge is 0.492 e. The van der Waals surface area contributed by atoms with Crippen molar-refractivity contribution in [2.75, 3.05) is 13.7 Å². The molecule has 0 amide bonds. The van der Waals surface area contributed by atoms with Crippen molar-refractivity contribution in [2.24, 2.45) is 0 Å². The van der Waals surface area contributed by atoms with Crippen molar-refractivity contribution in [3.8, 4) is 5.75 Å². The predicted octanol–water partition coefficient (Wildman–Crippen LogP) is 2.06. The number of fused-ring (bicyclic) bond motifs is 1. The van der Waals surface area contributed by atoms with Crippen LogP contribution in [0.5, 0.6) is 5.75 Å². The number of methoxy groups -OCH3 is 1. The molecule has 14 heavy (non-hydrogen) atoms. The highest BCUT2D eigenvalue weighted by Crippen LogP contribution is 2.35. The molecule has 1 aliphatic rings. The van der Waals surface area contributed by atoms with Crippen molar-refractivity contribution in [3.63, 3.8) is 0 Å². The first-order chi connectivity index (χ1) is 6.74. The fraction of sp³-hybridized carbons (Fsp3) is 0.300. The average Bonchev–Trinajstić information content (AvgIpc) is 2.67. The van der Waals surface area contributed by atoms with E-state index >= 15 is 0 Å². The van der Waals surface area contributed by atoms with Crippen LogP contribution in [0.2, 0.25) is 5.02 Å². The molecular formula is C10H9ClO3. The Morgan fingerprint density at radius 2 is 2.36 bits per heavy atom. The van der Waals surface area contributed by atoms with E-state index in [2.05, 4.69) is 4.74 Å². The number of hydrogen-bond acceptors (Lipinski definition) is 3. The van der Waals surface area contributed by atoms with Crippen LogP contribution in [-0.2, 0) is 11.2 Å². The lowest BCUT2D eigenvalue weighted by molar-refractivity contribution is 0.0597. The molecule has 0 aliphatic carbocycles. The molecule has 0 unspecified atom stereocenters. The molecule has 0 saturated heterocycles. The zero-order valence-electron chi connectivity index (χ0n) is 7.67. The summed E-state index contributed by atoms with van der Waals surface area (Å²) in [7, 11) is 1.35. The molecule has 0 spiro atoms. The Hall–Kier alpha value is -1.22. The molecule has 0 atom stereocenters. The van der Waals surface area contributed by atoms with E-state index in [0.717, 1.165) is 12.0 Å². The van der Waals surface area contributed by atoms with Gasteiger partial charge in [0, 0.05) is 17.0 Å². The summed E-state index contributed by atoms with van der Waals surface area (Å²) >= 11 is 5.96. The van der Waals surface area contributed by atoms with E-state index in [1.807, 2.05) is 0 Å². The minimum absolute atomic E-state index is 0.389. The second-order valence-corrected chi connectivity index (χ2v) is 3.40. The van der Waals surface area contributed by atoms with Gasteiger partial charge >= 0.3 is 5.97 Å². The maximum Gasteiger partial charge on any atom is 0.341 e. The molecule has 3 nitrogen and oxygen atoms in total. The summed E-state index contributed by atoms with van der Waals surface area (Å²) in [5.41, 5.74) is 1.35. The van der Waals surface area contributed by atoms with Crippen LogP contribution in [-0.4, -0.2) is 19.7 Å². The molecule has 2 rings (SSSR count). The van der Waals surface area contributed by atoms with E-state index < -0.39 is 0 Å². The normalized spacial score (nSPS) is 13.3. The van der Waals surface area contributed by atoms with Crippen molar-refractivity contribution in [1.29, 1.82) is 0 Å². The number of benzene rings is 1. The highest BCUT2D eigenvalue weighted by molar-refractivity contribution is 6.31. The van der Waals surface area contributed by atoms with Gasteiger partial charge in [-0.05, 0) is 12.1 Å². The second kappa shape index (κ2) is 3.50. The summed E-state index contributed by atoms with van der Waals surface area (Å²) in [4.78, 5) is 11.3. The van der Waals surface area contributed by atoms with Crippen LogP contribution in [0.4, 0.5) is 0 Å². The molecule has 0 radical (unpaired) electrons. The molecule has 1 heterocycles. The number of carbonyl (C=O) groups excluding carboxylic acids is 1. The lowest BCUT2D eigenvalue weighted by Crippen LogP contribution is -2.03. The summed E-state index contributed by atoms with van der Waals surface area (Å²) in [6.45, 7) is 0.572. The highest BCUT2D eigenvalue weighted by Gasteiger charge is 2.23. The second-order valence-electron chi connectivity index (χ2n) is 2.99. The summed E-state index contributed by atoms with van der Waals surface area (Å²) in [6.07, 6.45) is 0.749. The van der Waals surface area contributed by atoms with Crippen molar-refractivity contribution < 1.29 is 14.3 Å². The third kappa shape index (κ3) is 1.34. The maximum atomic E-state index is 11.3. The van der Waals surface area contributed by atoms with Crippen LogP contribution >= 0.6 is 11.6 Å². The molecule has 0 N–H and O–H groups in total. The summed E-state index contributed by atoms with van der Waals surface area (Å²) < 4.78 is 9.99. The van der Waals surface area contributed by atoms with Gasteiger partial charge in [0.05, 0.1) is 13.7 Å². The van der Waals surface area contributed by atoms with Crippen LogP contribution < -0.4 is 4.74 Å². The third-order valence-electron chi connectivity index (χ3n) is 2.21. The molecule has 1 aliphatic heterocycles. The van der Waals surface area contributed by atoms with Crippen molar-refractivity contribution in [3.05, 3.63) is 28.3 Å². The molecule has 1 aromatic rings. The van der Waals surface area contributed by atoms with Gasteiger partial charge in [-0.25, -0.2) is 4.79 Å². The van der Waals surface area contributed by atoms with Gasteiger partial charge in [-0.15, -0.1) is 0 Å². The van der Waals surface area contributed by atoms with E-state index in [0.29, 0.717) is 22.9 Å². The molecular weight excluding hydrogens is 204 g/mol. The third-order valence-corrected chi connectivity index (χ3v) is 2.56. The van der Waals surface area contributed by atoms with Gasteiger partial charge in [0.25, 0.3) is 0 Å². The smallest absolute Gasteiger partial charge is 0.341 e. The monoisotopic (exact) mass is 212 g/mol. The topological polar surface area (TPSA) is 35.5 Å². The van der Waals surface area contributed by atoms with Crippen LogP contribution in [0.15, 0.2) is 12.1 Å². The van der Waals surface area contributed by atoms with E-state index in [-0.39, 0.29) is 5.97 Å². The molecule has 0 saturated carbocycles. The standard InChI is InChI=1S/C10H9ClO3/c1-13-10(12)7-2-3-8(11)6-4-5-14-9(6)7/h2-3H,4-5H2,1H3. The Morgan fingerprint density at radius 3 is 3.07 bits per heavy atom. The zero-order chi connectivity index (χ0) is 10.1. The van der Waals surface area contributed by atoms with Crippen molar-refractivity contribution in [1.82, 2.24) is 0 Å². The highest BCUT2D eigenvalue weighted by atomic mass is 35.5. The number of hydrogen-bond donors (Lipinski definition) is 0. The first-order valence-corrected chi connectivity index (χ1v) is 4.64. The van der Waals surface area contributed by atoms with E-state index in [9.17, 15) is 4.79 Å². The van der Waals surface area contributed by atoms with Gasteiger partial charge in [0.2, 0.25) is 0 Å². The number of rotatable bonds is 1. The van der Waals surface area contributed by atoms with Gasteiger partial charge in [-0.2, -0.15) is 0 Å². The molecule has 4 heteroatoms. The maximum absolute atomic E-state index is 11.3. The summed E-state index contributed by atoms with van der Waals surface area (Å²) in [5, 5.41) is 0.644. The Morgan fingerprint density at radius 1 is 1.57 bits per heavy atom. The Labute approximate surface area is 86.6 Å². The molecule has 0 fully saturated rings. The van der Waals surface area contributed by atoms with Gasteiger partial charge in [0.15, 0.2) is 0 Å². The van der Waals surface area contributed by atoms with E-state index in [4.69, 9.17) is 16.3 Å². The lowest BCUT2D eigenvalue weighted by atomic mass is 10.1. The Kier molecular flexibility index (Phi) is 2.33. The molecule has 0 bridgehead atoms. The molecule has 1 aromatic carbocycles. The van der Waals surface area contributed by atoms with Crippen LogP contribution in [0.1, 0.15) is 15.9 Å². The minimum atomic E-state index is -0.389. The SMILES string of the molecule is COC(=O)c1ccc(Cl)c2c1OCC2. The number of halogens is 1. The minimum Gasteiger partial charge on any atom is -0.492 e. The fourth-order valence-corrected chi connectivity index (χ4v) is 1.77. The van der Waals surface area contributed by atoms with Crippen LogP contribution in [0.3, 0.4) is 0 Å². The summed E-state index contributed by atoms with van der Waals surface area (Å²) in [5.74, 6) is 0.184. The Balaban J connectivity index is 2.53. The van der Waals surface area contributed by atoms with Gasteiger partial charge in [-0.3, -0.25) is 0 Å².